The number of hydrogen-bond donors (Lipinski definition) is 1. The molecule has 0 atom stereocenters. The average molecular weight is 285 g/mol. The molecule has 2 aromatic rings. The molecule has 1 aromatic heterocycles. The molecule has 1 saturated carbocycles. The maximum atomic E-state index is 13.6. The lowest BCUT2D eigenvalue weighted by molar-refractivity contribution is 0.459. The van der Waals surface area contributed by atoms with Gasteiger partial charge in [-0.2, -0.15) is 0 Å². The number of benzene rings is 1. The van der Waals surface area contributed by atoms with E-state index in [4.69, 9.17) is 0 Å². The quantitative estimate of drug-likeness (QED) is 0.686. The highest BCUT2D eigenvalue weighted by Gasteiger charge is 2.28. The lowest BCUT2D eigenvalue weighted by Gasteiger charge is -2.11. The fourth-order valence-electron chi connectivity index (χ4n) is 2.03. The van der Waals surface area contributed by atoms with Gasteiger partial charge in [-0.15, -0.1) is 0 Å². The summed E-state index contributed by atoms with van der Waals surface area (Å²) < 4.78 is 55.2. The molecule has 20 heavy (non-hydrogen) atoms. The van der Waals surface area contributed by atoms with Crippen molar-refractivity contribution in [3.8, 4) is 0 Å². The van der Waals surface area contributed by atoms with E-state index in [1.54, 1.807) is 17.7 Å². The molecule has 0 unspecified atom stereocenters. The van der Waals surface area contributed by atoms with Crippen LogP contribution in [-0.4, -0.2) is 9.55 Å². The van der Waals surface area contributed by atoms with Crippen LogP contribution in [0.15, 0.2) is 12.3 Å². The van der Waals surface area contributed by atoms with Crippen LogP contribution in [0.1, 0.15) is 24.6 Å². The molecule has 0 saturated heterocycles. The van der Waals surface area contributed by atoms with E-state index in [0.717, 1.165) is 12.8 Å². The van der Waals surface area contributed by atoms with Crippen LogP contribution in [0.5, 0.6) is 0 Å². The van der Waals surface area contributed by atoms with Crippen molar-refractivity contribution in [1.29, 1.82) is 0 Å². The lowest BCUT2D eigenvalue weighted by atomic mass is 10.2. The molecule has 0 radical (unpaired) electrons. The molecule has 0 spiro atoms. The third-order valence-corrected chi connectivity index (χ3v) is 3.14. The van der Waals surface area contributed by atoms with Gasteiger partial charge >= 0.3 is 0 Å². The molecule has 1 fully saturated rings. The number of hydrogen-bond acceptors (Lipinski definition) is 2. The van der Waals surface area contributed by atoms with Crippen molar-refractivity contribution in [2.75, 3.05) is 5.32 Å². The molecule has 1 aromatic carbocycles. The van der Waals surface area contributed by atoms with Gasteiger partial charge in [0.25, 0.3) is 0 Å². The molecular formula is C13H11F4N3. The molecule has 3 rings (SSSR count). The van der Waals surface area contributed by atoms with Crippen LogP contribution < -0.4 is 5.32 Å². The zero-order valence-electron chi connectivity index (χ0n) is 10.6. The van der Waals surface area contributed by atoms with Crippen LogP contribution in [-0.2, 0) is 0 Å². The summed E-state index contributed by atoms with van der Waals surface area (Å²) in [6.45, 7) is 1.73. The van der Waals surface area contributed by atoms with Gasteiger partial charge in [0, 0.05) is 18.3 Å². The number of aromatic nitrogens is 2. The van der Waals surface area contributed by atoms with Crippen molar-refractivity contribution >= 4 is 11.6 Å². The molecular weight excluding hydrogens is 274 g/mol. The van der Waals surface area contributed by atoms with Crippen LogP contribution in [0.3, 0.4) is 0 Å². The molecule has 7 heteroatoms. The maximum Gasteiger partial charge on any atom is 0.207 e. The van der Waals surface area contributed by atoms with E-state index in [-0.39, 0.29) is 18.1 Å². The first-order valence-electron chi connectivity index (χ1n) is 6.13. The van der Waals surface area contributed by atoms with E-state index in [0.29, 0.717) is 5.69 Å². The molecule has 0 bridgehead atoms. The van der Waals surface area contributed by atoms with E-state index >= 15 is 0 Å². The normalized spacial score (nSPS) is 14.7. The summed E-state index contributed by atoms with van der Waals surface area (Å²) in [5, 5.41) is 2.35. The van der Waals surface area contributed by atoms with Crippen molar-refractivity contribution in [2.45, 2.75) is 25.8 Å². The Labute approximate surface area is 112 Å². The summed E-state index contributed by atoms with van der Waals surface area (Å²) in [7, 11) is 0. The first-order chi connectivity index (χ1) is 9.47. The second kappa shape index (κ2) is 4.50. The van der Waals surface area contributed by atoms with Gasteiger partial charge in [0.1, 0.15) is 5.69 Å². The molecule has 106 valence electrons. The van der Waals surface area contributed by atoms with Crippen molar-refractivity contribution in [1.82, 2.24) is 9.55 Å². The monoisotopic (exact) mass is 285 g/mol. The number of imidazole rings is 1. The third-order valence-electron chi connectivity index (χ3n) is 3.14. The number of nitrogens with one attached hydrogen (secondary N) is 1. The number of nitrogens with zero attached hydrogens (tertiary/aromatic N) is 2. The highest BCUT2D eigenvalue weighted by molar-refractivity contribution is 5.56. The maximum absolute atomic E-state index is 13.6. The van der Waals surface area contributed by atoms with Gasteiger partial charge < -0.3 is 9.88 Å². The van der Waals surface area contributed by atoms with Gasteiger partial charge in [0.2, 0.25) is 5.95 Å². The molecule has 1 heterocycles. The predicted octanol–water partition coefficient (Wildman–Crippen LogP) is 3.83. The van der Waals surface area contributed by atoms with Crippen LogP contribution in [0.2, 0.25) is 0 Å². The highest BCUT2D eigenvalue weighted by Crippen LogP contribution is 2.38. The van der Waals surface area contributed by atoms with Gasteiger partial charge in [-0.3, -0.25) is 0 Å². The predicted molar refractivity (Wildman–Crippen MR) is 64.8 cm³/mol. The standard InChI is InChI=1S/C13H11F4N3/c1-6-5-20(7-2-3-7)13(18-6)19-12-10(16)8(14)4-9(15)11(12)17/h4-5,7H,2-3H2,1H3,(H,18,19). The summed E-state index contributed by atoms with van der Waals surface area (Å²) >= 11 is 0. The minimum absolute atomic E-state index is 0.174. The second-order valence-corrected chi connectivity index (χ2v) is 4.81. The Morgan fingerprint density at radius 2 is 1.75 bits per heavy atom. The minimum Gasteiger partial charge on any atom is -0.321 e. The Balaban J connectivity index is 2.03. The minimum atomic E-state index is -1.47. The first-order valence-corrected chi connectivity index (χ1v) is 6.13. The zero-order valence-corrected chi connectivity index (χ0v) is 10.6. The SMILES string of the molecule is Cc1cn(C2CC2)c(Nc2c(F)c(F)cc(F)c2F)n1. The molecule has 1 aliphatic rings. The Bertz CT molecular complexity index is 650. The Morgan fingerprint density at radius 3 is 2.30 bits per heavy atom. The van der Waals surface area contributed by atoms with E-state index < -0.39 is 29.0 Å². The fourth-order valence-corrected chi connectivity index (χ4v) is 2.03. The number of anilines is 2. The average Bonchev–Trinajstić information content (AvgIpc) is 3.17. The summed E-state index contributed by atoms with van der Waals surface area (Å²) in [4.78, 5) is 4.08. The van der Waals surface area contributed by atoms with Crippen molar-refractivity contribution in [3.05, 3.63) is 41.2 Å². The molecule has 3 nitrogen and oxygen atoms in total. The Morgan fingerprint density at radius 1 is 1.15 bits per heavy atom. The van der Waals surface area contributed by atoms with Gasteiger partial charge in [0.15, 0.2) is 23.3 Å². The lowest BCUT2D eigenvalue weighted by Crippen LogP contribution is -2.07. The van der Waals surface area contributed by atoms with E-state index in [2.05, 4.69) is 10.3 Å². The van der Waals surface area contributed by atoms with Crippen LogP contribution >= 0.6 is 0 Å². The molecule has 0 aliphatic heterocycles. The van der Waals surface area contributed by atoms with E-state index in [1.165, 1.54) is 0 Å². The first kappa shape index (κ1) is 13.0. The van der Waals surface area contributed by atoms with Crippen molar-refractivity contribution < 1.29 is 17.6 Å². The van der Waals surface area contributed by atoms with E-state index in [1.807, 2.05) is 0 Å². The summed E-state index contributed by atoms with van der Waals surface area (Å²) in [6, 6.07) is 0.386. The smallest absolute Gasteiger partial charge is 0.207 e. The molecule has 1 N–H and O–H groups in total. The zero-order chi connectivity index (χ0) is 14.4. The third kappa shape index (κ3) is 2.13. The second-order valence-electron chi connectivity index (χ2n) is 4.81. The Kier molecular flexibility index (Phi) is 2.92. The topological polar surface area (TPSA) is 29.9 Å². The Hall–Kier alpha value is -2.05. The van der Waals surface area contributed by atoms with Crippen LogP contribution in [0.25, 0.3) is 0 Å². The van der Waals surface area contributed by atoms with Crippen LogP contribution in [0, 0.1) is 30.2 Å². The summed E-state index contributed by atoms with van der Waals surface area (Å²) in [5.41, 5.74) is -0.216. The van der Waals surface area contributed by atoms with Crippen molar-refractivity contribution in [2.24, 2.45) is 0 Å². The molecule has 0 amide bonds. The fraction of sp³-hybridized carbons (Fsp3) is 0.308. The molecule has 1 aliphatic carbocycles. The number of rotatable bonds is 3. The van der Waals surface area contributed by atoms with E-state index in [9.17, 15) is 17.6 Å². The van der Waals surface area contributed by atoms with Crippen molar-refractivity contribution in [3.63, 3.8) is 0 Å². The van der Waals surface area contributed by atoms with Crippen LogP contribution in [0.4, 0.5) is 29.2 Å². The summed E-state index contributed by atoms with van der Waals surface area (Å²) in [6.07, 6.45) is 3.60. The number of halogens is 4. The van der Waals surface area contributed by atoms with Gasteiger partial charge in [-0.1, -0.05) is 0 Å². The van der Waals surface area contributed by atoms with Gasteiger partial charge in [-0.05, 0) is 19.8 Å². The largest absolute Gasteiger partial charge is 0.321 e. The highest BCUT2D eigenvalue weighted by atomic mass is 19.2. The number of aryl methyl sites for hydroxylation is 1. The summed E-state index contributed by atoms with van der Waals surface area (Å²) in [5.74, 6) is -5.66. The van der Waals surface area contributed by atoms with Gasteiger partial charge in [-0.25, -0.2) is 22.5 Å². The van der Waals surface area contributed by atoms with Gasteiger partial charge in [0.05, 0.1) is 5.69 Å².